The minimum Gasteiger partial charge on any atom is -0.406 e. The average molecular weight is 347 g/mol. The summed E-state index contributed by atoms with van der Waals surface area (Å²) >= 11 is 0. The zero-order valence-electron chi connectivity index (χ0n) is 14.0. The van der Waals surface area contributed by atoms with E-state index >= 15 is 0 Å². The smallest absolute Gasteiger partial charge is 0.406 e. The molecule has 7 heteroatoms. The lowest BCUT2D eigenvalue weighted by Crippen LogP contribution is -2.17. The molecule has 1 aromatic heterocycles. The maximum absolute atomic E-state index is 12.3. The lowest BCUT2D eigenvalue weighted by molar-refractivity contribution is -0.274. The predicted octanol–water partition coefficient (Wildman–Crippen LogP) is 4.41. The molecule has 25 heavy (non-hydrogen) atoms. The van der Waals surface area contributed by atoms with Crippen LogP contribution in [0.5, 0.6) is 5.75 Å². The van der Waals surface area contributed by atoms with Crippen molar-refractivity contribution in [2.75, 3.05) is 11.9 Å². The fraction of sp³-hybridized carbons (Fsp3) is 0.222. The maximum atomic E-state index is 12.3. The van der Waals surface area contributed by atoms with Gasteiger partial charge in [-0.2, -0.15) is 0 Å². The quantitative estimate of drug-likeness (QED) is 0.607. The second-order valence-electron chi connectivity index (χ2n) is 5.08. The van der Waals surface area contributed by atoms with Crippen LogP contribution in [0.4, 0.5) is 19.0 Å². The first kappa shape index (κ1) is 18.3. The predicted molar refractivity (Wildman–Crippen MR) is 90.8 cm³/mol. The summed E-state index contributed by atoms with van der Waals surface area (Å²) in [5, 5.41) is 0. The zero-order chi connectivity index (χ0) is 18.6. The zero-order valence-corrected chi connectivity index (χ0v) is 14.0. The van der Waals surface area contributed by atoms with Crippen molar-refractivity contribution in [2.45, 2.75) is 20.2 Å². The lowest BCUT2D eigenvalue weighted by Gasteiger charge is -2.17. The SMILES string of the molecule is C=Cc1nc(-c2ccc(OC(F)(F)F)cc2)c(C)c(N(C)C#CC)n1. The molecule has 0 saturated heterocycles. The Kier molecular flexibility index (Phi) is 5.32. The fourth-order valence-corrected chi connectivity index (χ4v) is 2.26. The molecule has 0 atom stereocenters. The highest BCUT2D eigenvalue weighted by Crippen LogP contribution is 2.30. The molecule has 1 aromatic carbocycles. The van der Waals surface area contributed by atoms with E-state index in [-0.39, 0.29) is 5.75 Å². The van der Waals surface area contributed by atoms with Crippen LogP contribution >= 0.6 is 0 Å². The minimum absolute atomic E-state index is 0.291. The van der Waals surface area contributed by atoms with E-state index < -0.39 is 6.36 Å². The number of halogens is 3. The number of benzene rings is 1. The van der Waals surface area contributed by atoms with Gasteiger partial charge in [0, 0.05) is 24.2 Å². The van der Waals surface area contributed by atoms with Gasteiger partial charge in [-0.15, -0.1) is 13.2 Å². The van der Waals surface area contributed by atoms with E-state index in [1.165, 1.54) is 30.3 Å². The standard InChI is InChI=1S/C18H16F3N3O/c1-5-11-24(4)17-12(3)16(22-15(6-2)23-17)13-7-9-14(10-8-13)25-18(19,20)21/h6-10H,2H2,1,3-4H3. The number of nitrogens with zero attached hydrogens (tertiary/aromatic N) is 3. The number of ether oxygens (including phenoxy) is 1. The summed E-state index contributed by atoms with van der Waals surface area (Å²) in [6.45, 7) is 7.21. The number of rotatable bonds is 4. The van der Waals surface area contributed by atoms with Gasteiger partial charge >= 0.3 is 6.36 Å². The van der Waals surface area contributed by atoms with E-state index in [1.54, 1.807) is 18.9 Å². The van der Waals surface area contributed by atoms with Crippen molar-refractivity contribution in [3.63, 3.8) is 0 Å². The third-order valence-electron chi connectivity index (χ3n) is 3.28. The molecule has 130 valence electrons. The number of alkyl halides is 3. The van der Waals surface area contributed by atoms with Gasteiger partial charge in [-0.05, 0) is 44.2 Å². The second-order valence-corrected chi connectivity index (χ2v) is 5.08. The third kappa shape index (κ3) is 4.51. The Morgan fingerprint density at radius 1 is 1.20 bits per heavy atom. The van der Waals surface area contributed by atoms with E-state index in [0.717, 1.165) is 5.56 Å². The molecule has 1 heterocycles. The van der Waals surface area contributed by atoms with Crippen molar-refractivity contribution in [1.82, 2.24) is 9.97 Å². The molecule has 2 rings (SSSR count). The molecule has 0 radical (unpaired) electrons. The molecule has 0 amide bonds. The molecule has 0 aliphatic carbocycles. The summed E-state index contributed by atoms with van der Waals surface area (Å²) in [6.07, 6.45) is -3.22. The largest absolute Gasteiger partial charge is 0.573 e. The molecule has 0 spiro atoms. The first-order chi connectivity index (χ1) is 11.7. The Hall–Kier alpha value is -3.01. The van der Waals surface area contributed by atoms with E-state index in [4.69, 9.17) is 0 Å². The second kappa shape index (κ2) is 7.26. The van der Waals surface area contributed by atoms with Gasteiger partial charge in [-0.25, -0.2) is 9.97 Å². The first-order valence-electron chi connectivity index (χ1n) is 7.28. The molecule has 2 aromatic rings. The van der Waals surface area contributed by atoms with Crippen LogP contribution in [-0.2, 0) is 0 Å². The molecular weight excluding hydrogens is 331 g/mol. The Labute approximate surface area is 144 Å². The molecule has 0 fully saturated rings. The molecule has 0 bridgehead atoms. The molecule has 0 N–H and O–H groups in total. The summed E-state index contributed by atoms with van der Waals surface area (Å²) < 4.78 is 40.7. The van der Waals surface area contributed by atoms with E-state index in [2.05, 4.69) is 33.2 Å². The highest BCUT2D eigenvalue weighted by atomic mass is 19.4. The maximum Gasteiger partial charge on any atom is 0.573 e. The monoisotopic (exact) mass is 347 g/mol. The van der Waals surface area contributed by atoms with Gasteiger partial charge in [-0.3, -0.25) is 4.90 Å². The third-order valence-corrected chi connectivity index (χ3v) is 3.28. The van der Waals surface area contributed by atoms with Crippen molar-refractivity contribution in [1.29, 1.82) is 0 Å². The summed E-state index contributed by atoms with van der Waals surface area (Å²) in [4.78, 5) is 10.4. The Bertz CT molecular complexity index is 834. The topological polar surface area (TPSA) is 38.2 Å². The van der Waals surface area contributed by atoms with Gasteiger partial charge in [0.15, 0.2) is 5.82 Å². The highest BCUT2D eigenvalue weighted by Gasteiger charge is 2.31. The summed E-state index contributed by atoms with van der Waals surface area (Å²) in [6, 6.07) is 8.39. The van der Waals surface area contributed by atoms with Crippen molar-refractivity contribution in [2.24, 2.45) is 0 Å². The van der Waals surface area contributed by atoms with E-state index in [9.17, 15) is 13.2 Å². The van der Waals surface area contributed by atoms with Crippen molar-refractivity contribution in [3.8, 4) is 29.0 Å². The molecule has 0 aliphatic heterocycles. The van der Waals surface area contributed by atoms with Crippen LogP contribution in [0.2, 0.25) is 0 Å². The average Bonchev–Trinajstić information content (AvgIpc) is 2.54. The summed E-state index contributed by atoms with van der Waals surface area (Å²) in [5.41, 5.74) is 1.97. The van der Waals surface area contributed by atoms with Gasteiger partial charge < -0.3 is 4.74 Å². The molecule has 0 saturated carbocycles. The fourth-order valence-electron chi connectivity index (χ4n) is 2.26. The molecule has 0 aliphatic rings. The van der Waals surface area contributed by atoms with Crippen molar-refractivity contribution < 1.29 is 17.9 Å². The normalized spacial score (nSPS) is 10.6. The van der Waals surface area contributed by atoms with Crippen LogP contribution in [0, 0.1) is 18.9 Å². The van der Waals surface area contributed by atoms with Crippen molar-refractivity contribution >= 4 is 11.9 Å². The van der Waals surface area contributed by atoms with Gasteiger partial charge in [0.05, 0.1) is 5.69 Å². The highest BCUT2D eigenvalue weighted by molar-refractivity contribution is 5.71. The summed E-state index contributed by atoms with van der Waals surface area (Å²) in [5.74, 6) is 3.50. The van der Waals surface area contributed by atoms with E-state index in [0.29, 0.717) is 22.9 Å². The minimum atomic E-state index is -4.73. The van der Waals surface area contributed by atoms with Crippen LogP contribution < -0.4 is 9.64 Å². The number of hydrogen-bond acceptors (Lipinski definition) is 4. The van der Waals surface area contributed by atoms with Crippen LogP contribution in [0.3, 0.4) is 0 Å². The van der Waals surface area contributed by atoms with Gasteiger partial charge in [0.25, 0.3) is 0 Å². The van der Waals surface area contributed by atoms with E-state index in [1.807, 2.05) is 6.92 Å². The van der Waals surface area contributed by atoms with Gasteiger partial charge in [0.2, 0.25) is 0 Å². The molecular formula is C18H16F3N3O. The number of aromatic nitrogens is 2. The van der Waals surface area contributed by atoms with Gasteiger partial charge in [0.1, 0.15) is 11.6 Å². The Morgan fingerprint density at radius 2 is 1.84 bits per heavy atom. The van der Waals surface area contributed by atoms with Crippen molar-refractivity contribution in [3.05, 3.63) is 42.2 Å². The van der Waals surface area contributed by atoms with Crippen LogP contribution in [0.15, 0.2) is 30.8 Å². The van der Waals surface area contributed by atoms with Crippen LogP contribution in [0.25, 0.3) is 17.3 Å². The number of anilines is 1. The number of hydrogen-bond donors (Lipinski definition) is 0. The lowest BCUT2D eigenvalue weighted by atomic mass is 10.1. The Morgan fingerprint density at radius 3 is 2.36 bits per heavy atom. The molecule has 0 unspecified atom stereocenters. The van der Waals surface area contributed by atoms with Crippen LogP contribution in [0.1, 0.15) is 18.3 Å². The summed E-state index contributed by atoms with van der Waals surface area (Å²) in [7, 11) is 1.77. The molecule has 4 nitrogen and oxygen atoms in total. The van der Waals surface area contributed by atoms with Gasteiger partial charge in [-0.1, -0.05) is 12.5 Å². The first-order valence-corrected chi connectivity index (χ1v) is 7.28. The Balaban J connectivity index is 2.49. The van der Waals surface area contributed by atoms with Crippen LogP contribution in [-0.4, -0.2) is 23.4 Å².